The molecule has 0 saturated carbocycles. The second-order valence-electron chi connectivity index (χ2n) is 3.92. The molecule has 3 aromatic rings. The van der Waals surface area contributed by atoms with Gasteiger partial charge in [-0.1, -0.05) is 0 Å². The molecule has 0 amide bonds. The van der Waals surface area contributed by atoms with Crippen molar-refractivity contribution in [1.29, 1.82) is 0 Å². The normalized spacial score (nSPS) is 10.8. The molecule has 19 heavy (non-hydrogen) atoms. The van der Waals surface area contributed by atoms with Crippen molar-refractivity contribution in [3.05, 3.63) is 54.4 Å². The number of imidazole rings is 1. The minimum Gasteiger partial charge on any atom is -0.476 e. The first-order chi connectivity index (χ1) is 9.16. The van der Waals surface area contributed by atoms with Gasteiger partial charge in [0.1, 0.15) is 11.6 Å². The van der Waals surface area contributed by atoms with E-state index in [1.807, 2.05) is 0 Å². The lowest BCUT2D eigenvalue weighted by molar-refractivity contribution is 0.0692. The summed E-state index contributed by atoms with van der Waals surface area (Å²) in [6.45, 7) is 0. The lowest BCUT2D eigenvalue weighted by Gasteiger charge is -2.02. The second-order valence-corrected chi connectivity index (χ2v) is 3.92. The number of aromatic carboxylic acids is 1. The molecule has 0 radical (unpaired) electrons. The van der Waals surface area contributed by atoms with E-state index in [0.29, 0.717) is 16.9 Å². The summed E-state index contributed by atoms with van der Waals surface area (Å²) >= 11 is 0. The summed E-state index contributed by atoms with van der Waals surface area (Å²) in [5, 5.41) is 9.05. The average molecular weight is 257 g/mol. The van der Waals surface area contributed by atoms with Gasteiger partial charge in [0.15, 0.2) is 5.69 Å². The van der Waals surface area contributed by atoms with Gasteiger partial charge in [-0.25, -0.2) is 19.2 Å². The van der Waals surface area contributed by atoms with Crippen LogP contribution in [-0.2, 0) is 0 Å². The highest BCUT2D eigenvalue weighted by molar-refractivity contribution is 5.93. The van der Waals surface area contributed by atoms with E-state index in [1.54, 1.807) is 22.7 Å². The van der Waals surface area contributed by atoms with Crippen LogP contribution in [0.25, 0.3) is 16.9 Å². The third-order valence-corrected chi connectivity index (χ3v) is 2.76. The Bertz CT molecular complexity index is 765. The van der Waals surface area contributed by atoms with Crippen LogP contribution in [0.15, 0.2) is 42.9 Å². The Morgan fingerprint density at radius 1 is 1.21 bits per heavy atom. The van der Waals surface area contributed by atoms with E-state index in [4.69, 9.17) is 5.11 Å². The largest absolute Gasteiger partial charge is 0.476 e. The smallest absolute Gasteiger partial charge is 0.356 e. The summed E-state index contributed by atoms with van der Waals surface area (Å²) in [6.07, 6.45) is 4.45. The zero-order valence-electron chi connectivity index (χ0n) is 9.62. The number of carboxylic acids is 1. The number of rotatable bonds is 2. The molecule has 1 aromatic carbocycles. The fraction of sp³-hybridized carbons (Fsp3) is 0. The van der Waals surface area contributed by atoms with Gasteiger partial charge in [0.05, 0.1) is 11.7 Å². The standard InChI is InChI=1S/C13H8FN3O2/c14-9-3-1-8(2-4-9)12-16-7-10-11(13(18)19)15-5-6-17(10)12/h1-7H,(H,18,19). The molecule has 0 bridgehead atoms. The summed E-state index contributed by atoms with van der Waals surface area (Å²) in [7, 11) is 0. The molecule has 94 valence electrons. The highest BCUT2D eigenvalue weighted by atomic mass is 19.1. The Kier molecular flexibility index (Phi) is 2.49. The molecule has 3 rings (SSSR count). The number of carbonyl (C=O) groups is 1. The summed E-state index contributed by atoms with van der Waals surface area (Å²) in [5.41, 5.74) is 1.03. The van der Waals surface area contributed by atoms with Gasteiger partial charge in [-0.3, -0.25) is 4.40 Å². The van der Waals surface area contributed by atoms with Crippen molar-refractivity contribution in [2.24, 2.45) is 0 Å². The third-order valence-electron chi connectivity index (χ3n) is 2.76. The molecule has 0 unspecified atom stereocenters. The van der Waals surface area contributed by atoms with E-state index in [2.05, 4.69) is 9.97 Å². The molecule has 0 saturated heterocycles. The minimum atomic E-state index is -1.11. The van der Waals surface area contributed by atoms with E-state index in [1.165, 1.54) is 24.5 Å². The first-order valence-corrected chi connectivity index (χ1v) is 5.48. The molecule has 6 heteroatoms. The van der Waals surface area contributed by atoms with Crippen molar-refractivity contribution in [1.82, 2.24) is 14.4 Å². The van der Waals surface area contributed by atoms with Crippen molar-refractivity contribution in [2.45, 2.75) is 0 Å². The maximum absolute atomic E-state index is 12.9. The molecular formula is C13H8FN3O2. The van der Waals surface area contributed by atoms with Gasteiger partial charge in [-0.05, 0) is 24.3 Å². The van der Waals surface area contributed by atoms with Crippen LogP contribution in [0.1, 0.15) is 10.5 Å². The zero-order valence-corrected chi connectivity index (χ0v) is 9.62. The minimum absolute atomic E-state index is 0.0663. The lowest BCUT2D eigenvalue weighted by Crippen LogP contribution is -2.03. The lowest BCUT2D eigenvalue weighted by atomic mass is 10.2. The molecule has 0 atom stereocenters. The Hall–Kier alpha value is -2.76. The van der Waals surface area contributed by atoms with Gasteiger partial charge in [0, 0.05) is 18.0 Å². The number of hydrogen-bond donors (Lipinski definition) is 1. The number of halogens is 1. The summed E-state index contributed by atoms with van der Waals surface area (Å²) in [6, 6.07) is 5.83. The van der Waals surface area contributed by atoms with Crippen molar-refractivity contribution in [2.75, 3.05) is 0 Å². The molecule has 1 N–H and O–H groups in total. The summed E-state index contributed by atoms with van der Waals surface area (Å²) < 4.78 is 14.5. The summed E-state index contributed by atoms with van der Waals surface area (Å²) in [5.74, 6) is -0.909. The van der Waals surface area contributed by atoms with Gasteiger partial charge in [-0.2, -0.15) is 0 Å². The molecule has 0 aliphatic carbocycles. The third kappa shape index (κ3) is 1.83. The van der Waals surface area contributed by atoms with Crippen LogP contribution in [0, 0.1) is 5.82 Å². The fourth-order valence-corrected chi connectivity index (χ4v) is 1.90. The van der Waals surface area contributed by atoms with Crippen LogP contribution in [-0.4, -0.2) is 25.4 Å². The first kappa shape index (κ1) is 11.3. The van der Waals surface area contributed by atoms with Crippen molar-refractivity contribution >= 4 is 11.5 Å². The van der Waals surface area contributed by atoms with Crippen LogP contribution in [0.4, 0.5) is 4.39 Å². The number of nitrogens with zero attached hydrogens (tertiary/aromatic N) is 3. The van der Waals surface area contributed by atoms with E-state index in [0.717, 1.165) is 0 Å². The van der Waals surface area contributed by atoms with Crippen molar-refractivity contribution < 1.29 is 14.3 Å². The molecule has 0 aliphatic heterocycles. The molecular weight excluding hydrogens is 249 g/mol. The Morgan fingerprint density at radius 3 is 2.63 bits per heavy atom. The second kappa shape index (κ2) is 4.16. The average Bonchev–Trinajstić information content (AvgIpc) is 2.83. The van der Waals surface area contributed by atoms with Crippen LogP contribution < -0.4 is 0 Å². The SMILES string of the molecule is O=C(O)c1nccn2c(-c3ccc(F)cc3)ncc12. The number of aromatic nitrogens is 3. The highest BCUT2D eigenvalue weighted by Gasteiger charge is 2.14. The zero-order chi connectivity index (χ0) is 13.4. The highest BCUT2D eigenvalue weighted by Crippen LogP contribution is 2.21. The maximum Gasteiger partial charge on any atom is 0.356 e. The van der Waals surface area contributed by atoms with E-state index < -0.39 is 5.97 Å². The predicted molar refractivity (Wildman–Crippen MR) is 65.3 cm³/mol. The number of fused-ring (bicyclic) bond motifs is 1. The molecule has 2 heterocycles. The first-order valence-electron chi connectivity index (χ1n) is 5.48. The number of benzene rings is 1. The van der Waals surface area contributed by atoms with E-state index >= 15 is 0 Å². The van der Waals surface area contributed by atoms with Crippen LogP contribution >= 0.6 is 0 Å². The topological polar surface area (TPSA) is 67.5 Å². The van der Waals surface area contributed by atoms with Gasteiger partial charge >= 0.3 is 5.97 Å². The van der Waals surface area contributed by atoms with Gasteiger partial charge in [0.25, 0.3) is 0 Å². The van der Waals surface area contributed by atoms with Crippen LogP contribution in [0.2, 0.25) is 0 Å². The monoisotopic (exact) mass is 257 g/mol. The van der Waals surface area contributed by atoms with Crippen molar-refractivity contribution in [3.8, 4) is 11.4 Å². The summed E-state index contributed by atoms with van der Waals surface area (Å²) in [4.78, 5) is 19.0. The maximum atomic E-state index is 12.9. The molecule has 0 spiro atoms. The van der Waals surface area contributed by atoms with E-state index in [-0.39, 0.29) is 11.5 Å². The van der Waals surface area contributed by atoms with Crippen LogP contribution in [0.5, 0.6) is 0 Å². The predicted octanol–water partition coefficient (Wildman–Crippen LogP) is 2.23. The van der Waals surface area contributed by atoms with Crippen molar-refractivity contribution in [3.63, 3.8) is 0 Å². The van der Waals surface area contributed by atoms with E-state index in [9.17, 15) is 9.18 Å². The quantitative estimate of drug-likeness (QED) is 0.764. The fourth-order valence-electron chi connectivity index (χ4n) is 1.90. The molecule has 2 aromatic heterocycles. The Morgan fingerprint density at radius 2 is 1.95 bits per heavy atom. The van der Waals surface area contributed by atoms with Gasteiger partial charge in [-0.15, -0.1) is 0 Å². The molecule has 0 aliphatic rings. The molecule has 0 fully saturated rings. The van der Waals surface area contributed by atoms with Crippen LogP contribution in [0.3, 0.4) is 0 Å². The van der Waals surface area contributed by atoms with Gasteiger partial charge in [0.2, 0.25) is 0 Å². The Labute approximate surface area is 107 Å². The Balaban J connectivity index is 2.24. The molecule has 5 nitrogen and oxygen atoms in total. The number of hydrogen-bond acceptors (Lipinski definition) is 3. The van der Waals surface area contributed by atoms with Gasteiger partial charge < -0.3 is 5.11 Å². The number of carboxylic acid groups (broad SMARTS) is 1.